The van der Waals surface area contributed by atoms with Crippen LogP contribution in [0.3, 0.4) is 0 Å². The van der Waals surface area contributed by atoms with Gasteiger partial charge in [-0.15, -0.1) is 0 Å². The van der Waals surface area contributed by atoms with E-state index in [0.29, 0.717) is 35.3 Å². The summed E-state index contributed by atoms with van der Waals surface area (Å²) in [5, 5.41) is 17.4. The summed E-state index contributed by atoms with van der Waals surface area (Å²) in [6, 6.07) is 5.04. The second-order valence-electron chi connectivity index (χ2n) is 8.66. The molecule has 2 aromatic rings. The fourth-order valence-corrected chi connectivity index (χ4v) is 4.64. The number of amides is 2. The number of methoxy groups -OCH3 is 1. The average Bonchev–Trinajstić information content (AvgIpc) is 3.17. The molecule has 0 bridgehead atoms. The van der Waals surface area contributed by atoms with Crippen LogP contribution in [0.5, 0.6) is 5.75 Å². The van der Waals surface area contributed by atoms with Crippen LogP contribution < -0.4 is 10.6 Å². The van der Waals surface area contributed by atoms with Gasteiger partial charge in [-0.2, -0.15) is 0 Å². The Kier molecular flexibility index (Phi) is 8.15. The van der Waals surface area contributed by atoms with E-state index in [1.165, 1.54) is 6.07 Å². The molecular weight excluding hydrogens is 408 g/mol. The number of fused-ring (bicyclic) bond motifs is 1. The third kappa shape index (κ3) is 4.91. The number of phenols is 1. The van der Waals surface area contributed by atoms with Crippen molar-refractivity contribution in [1.82, 2.24) is 20.1 Å². The zero-order valence-electron chi connectivity index (χ0n) is 19.6. The quantitative estimate of drug-likeness (QED) is 0.517. The van der Waals surface area contributed by atoms with E-state index in [1.807, 2.05) is 23.3 Å². The Hall–Kier alpha value is -2.58. The number of carbonyl (C=O) groups is 2. The number of aromatic hydroxyl groups is 1. The van der Waals surface area contributed by atoms with E-state index >= 15 is 0 Å². The molecule has 2 heterocycles. The normalized spacial score (nSPS) is 16.5. The van der Waals surface area contributed by atoms with Crippen LogP contribution in [0.25, 0.3) is 10.9 Å². The molecule has 8 heteroatoms. The smallest absolute Gasteiger partial charge is 0.271 e. The molecule has 8 nitrogen and oxygen atoms in total. The van der Waals surface area contributed by atoms with Gasteiger partial charge in [0.05, 0.1) is 5.52 Å². The van der Waals surface area contributed by atoms with Gasteiger partial charge in [0.1, 0.15) is 11.4 Å². The number of unbranched alkanes of at least 4 members (excludes halogenated alkanes) is 1. The zero-order valence-corrected chi connectivity index (χ0v) is 19.6. The first kappa shape index (κ1) is 24.1. The summed E-state index contributed by atoms with van der Waals surface area (Å²) < 4.78 is 7.05. The highest BCUT2D eigenvalue weighted by molar-refractivity contribution is 6.10. The molecule has 1 saturated heterocycles. The van der Waals surface area contributed by atoms with Gasteiger partial charge in [0.15, 0.2) is 0 Å². The lowest BCUT2D eigenvalue weighted by molar-refractivity contribution is 0.0562. The SMILES string of the molecule is CNC(=O)c1ccc(O)c2c1cc(C(=O)N(C(C)C)[C@@H]1CCCNC1)n2CCCCOC. The summed E-state index contributed by atoms with van der Waals surface area (Å²) in [4.78, 5) is 28.3. The third-order valence-electron chi connectivity index (χ3n) is 6.16. The van der Waals surface area contributed by atoms with E-state index in [-0.39, 0.29) is 29.6 Å². The van der Waals surface area contributed by atoms with Crippen LogP contribution in [-0.4, -0.2) is 72.3 Å². The van der Waals surface area contributed by atoms with E-state index in [9.17, 15) is 14.7 Å². The van der Waals surface area contributed by atoms with Gasteiger partial charge in [-0.25, -0.2) is 0 Å². The predicted molar refractivity (Wildman–Crippen MR) is 125 cm³/mol. The van der Waals surface area contributed by atoms with E-state index in [1.54, 1.807) is 26.3 Å². The molecule has 1 atom stereocenters. The lowest BCUT2D eigenvalue weighted by Crippen LogP contribution is -2.52. The Morgan fingerprint density at radius 3 is 2.75 bits per heavy atom. The Balaban J connectivity index is 2.11. The maximum atomic E-state index is 13.9. The first-order chi connectivity index (χ1) is 15.4. The van der Waals surface area contributed by atoms with Gasteiger partial charge in [-0.3, -0.25) is 9.59 Å². The highest BCUT2D eigenvalue weighted by atomic mass is 16.5. The Bertz CT molecular complexity index is 947. The summed E-state index contributed by atoms with van der Waals surface area (Å²) >= 11 is 0. The van der Waals surface area contributed by atoms with Gasteiger partial charge >= 0.3 is 0 Å². The zero-order chi connectivity index (χ0) is 23.3. The van der Waals surface area contributed by atoms with Gasteiger partial charge < -0.3 is 29.9 Å². The topological polar surface area (TPSA) is 95.8 Å². The van der Waals surface area contributed by atoms with Crippen LogP contribution in [0.2, 0.25) is 0 Å². The Morgan fingerprint density at radius 1 is 1.34 bits per heavy atom. The fraction of sp³-hybridized carbons (Fsp3) is 0.583. The molecule has 1 aliphatic heterocycles. The molecule has 3 rings (SSSR count). The average molecular weight is 445 g/mol. The maximum absolute atomic E-state index is 13.9. The highest BCUT2D eigenvalue weighted by Crippen LogP contribution is 2.33. The molecule has 2 amide bonds. The molecule has 1 fully saturated rings. The summed E-state index contributed by atoms with van der Waals surface area (Å²) in [7, 11) is 3.24. The van der Waals surface area contributed by atoms with Gasteiger partial charge in [0, 0.05) is 56.9 Å². The number of ether oxygens (including phenoxy) is 1. The van der Waals surface area contributed by atoms with Crippen molar-refractivity contribution < 1.29 is 19.4 Å². The molecule has 0 spiro atoms. The molecule has 0 unspecified atom stereocenters. The summed E-state index contributed by atoms with van der Waals surface area (Å²) in [5.41, 5.74) is 1.47. The first-order valence-corrected chi connectivity index (χ1v) is 11.5. The molecule has 32 heavy (non-hydrogen) atoms. The van der Waals surface area contributed by atoms with Crippen molar-refractivity contribution in [2.24, 2.45) is 0 Å². The van der Waals surface area contributed by atoms with Crippen molar-refractivity contribution in [3.05, 3.63) is 29.5 Å². The molecule has 1 aromatic heterocycles. The summed E-state index contributed by atoms with van der Waals surface area (Å²) in [5.74, 6) is -0.254. The number of hydrogen-bond acceptors (Lipinski definition) is 5. The van der Waals surface area contributed by atoms with Crippen molar-refractivity contribution in [3.8, 4) is 5.75 Å². The van der Waals surface area contributed by atoms with Crippen molar-refractivity contribution >= 4 is 22.7 Å². The molecule has 1 aromatic carbocycles. The maximum Gasteiger partial charge on any atom is 0.271 e. The molecule has 0 aliphatic carbocycles. The van der Waals surface area contributed by atoms with Crippen molar-refractivity contribution in [3.63, 3.8) is 0 Å². The molecule has 3 N–H and O–H groups in total. The molecule has 0 radical (unpaired) electrons. The van der Waals surface area contributed by atoms with Gasteiger partial charge in [0.25, 0.3) is 11.8 Å². The minimum Gasteiger partial charge on any atom is -0.506 e. The van der Waals surface area contributed by atoms with Crippen molar-refractivity contribution in [2.45, 2.75) is 58.2 Å². The molecule has 0 saturated carbocycles. The molecule has 1 aliphatic rings. The van der Waals surface area contributed by atoms with Crippen molar-refractivity contribution in [1.29, 1.82) is 0 Å². The van der Waals surface area contributed by atoms with Crippen LogP contribution in [0.15, 0.2) is 18.2 Å². The Labute approximate surface area is 189 Å². The number of aromatic nitrogens is 1. The summed E-state index contributed by atoms with van der Waals surface area (Å²) in [6.45, 7) is 6.99. The second kappa shape index (κ2) is 10.8. The number of piperidine rings is 1. The van der Waals surface area contributed by atoms with E-state index < -0.39 is 0 Å². The van der Waals surface area contributed by atoms with Gasteiger partial charge in [-0.05, 0) is 64.3 Å². The van der Waals surface area contributed by atoms with Crippen LogP contribution in [0.4, 0.5) is 0 Å². The van der Waals surface area contributed by atoms with Crippen LogP contribution >= 0.6 is 0 Å². The van der Waals surface area contributed by atoms with E-state index in [0.717, 1.165) is 38.8 Å². The van der Waals surface area contributed by atoms with Gasteiger partial charge in [-0.1, -0.05) is 0 Å². The Morgan fingerprint density at radius 2 is 2.12 bits per heavy atom. The number of phenolic OH excluding ortho intramolecular Hbond substituents is 1. The van der Waals surface area contributed by atoms with Crippen LogP contribution in [0.1, 0.15) is 60.4 Å². The minimum absolute atomic E-state index is 0.0272. The number of aryl methyl sites for hydroxylation is 1. The first-order valence-electron chi connectivity index (χ1n) is 11.5. The fourth-order valence-electron chi connectivity index (χ4n) is 4.64. The lowest BCUT2D eigenvalue weighted by Gasteiger charge is -2.37. The number of carbonyl (C=O) groups excluding carboxylic acids is 2. The lowest BCUT2D eigenvalue weighted by atomic mass is 10.0. The number of nitrogens with zero attached hydrogens (tertiary/aromatic N) is 2. The number of benzene rings is 1. The highest BCUT2D eigenvalue weighted by Gasteiger charge is 2.31. The van der Waals surface area contributed by atoms with E-state index in [2.05, 4.69) is 10.6 Å². The standard InChI is InChI=1S/C24H36N4O4/c1-16(2)28(17-8-7-11-26-15-17)24(31)20-14-19-18(23(30)25-3)9-10-21(29)22(19)27(20)12-5-6-13-32-4/h9-10,14,16-17,26,29H,5-8,11-13,15H2,1-4H3,(H,25,30)/t17-/m1/s1. The summed E-state index contributed by atoms with van der Waals surface area (Å²) in [6.07, 6.45) is 3.61. The predicted octanol–water partition coefficient (Wildman–Crippen LogP) is 2.74. The van der Waals surface area contributed by atoms with Crippen molar-refractivity contribution in [2.75, 3.05) is 33.9 Å². The number of rotatable bonds is 9. The van der Waals surface area contributed by atoms with Crippen LogP contribution in [0, 0.1) is 0 Å². The minimum atomic E-state index is -0.247. The molecular formula is C24H36N4O4. The number of nitrogens with one attached hydrogen (secondary N) is 2. The van der Waals surface area contributed by atoms with Crippen LogP contribution in [-0.2, 0) is 11.3 Å². The van der Waals surface area contributed by atoms with E-state index in [4.69, 9.17) is 4.74 Å². The van der Waals surface area contributed by atoms with Gasteiger partial charge in [0.2, 0.25) is 0 Å². The second-order valence-corrected chi connectivity index (χ2v) is 8.66. The molecule has 176 valence electrons. The number of hydrogen-bond donors (Lipinski definition) is 3. The monoisotopic (exact) mass is 444 g/mol. The largest absolute Gasteiger partial charge is 0.506 e. The third-order valence-corrected chi connectivity index (χ3v) is 6.16.